The van der Waals surface area contributed by atoms with Gasteiger partial charge in [0.05, 0.1) is 17.1 Å². The van der Waals surface area contributed by atoms with Gasteiger partial charge in [-0.15, -0.1) is 0 Å². The summed E-state index contributed by atoms with van der Waals surface area (Å²) >= 11 is 0. The molecular weight excluding hydrogens is 254 g/mol. The highest BCUT2D eigenvalue weighted by molar-refractivity contribution is 6.07. The minimum Gasteiger partial charge on any atom is -0.485 e. The van der Waals surface area contributed by atoms with Crippen molar-refractivity contribution < 1.29 is 24.0 Å². The lowest BCUT2D eigenvalue weighted by Crippen LogP contribution is -2.33. The van der Waals surface area contributed by atoms with Crippen molar-refractivity contribution in [3.05, 3.63) is 33.9 Å². The fraction of sp³-hybridized carbons (Fsp3) is 0.333. The highest BCUT2D eigenvalue weighted by Gasteiger charge is 2.41. The second-order valence-electron chi connectivity index (χ2n) is 3.89. The number of rotatable bonds is 3. The zero-order valence-corrected chi connectivity index (χ0v) is 10.1. The molecule has 1 aromatic carbocycles. The average molecular weight is 265 g/mol. The number of benzene rings is 1. The van der Waals surface area contributed by atoms with E-state index in [1.165, 1.54) is 18.2 Å². The molecule has 0 radical (unpaired) electrons. The lowest BCUT2D eigenvalue weighted by molar-refractivity contribution is -0.385. The minimum absolute atomic E-state index is 0.0257. The summed E-state index contributed by atoms with van der Waals surface area (Å²) < 4.78 is 9.93. The Morgan fingerprint density at radius 1 is 1.58 bits per heavy atom. The zero-order valence-electron chi connectivity index (χ0n) is 10.1. The van der Waals surface area contributed by atoms with Crippen molar-refractivity contribution in [1.29, 1.82) is 0 Å². The van der Waals surface area contributed by atoms with Gasteiger partial charge in [0, 0.05) is 6.07 Å². The normalized spacial score (nSPS) is 17.3. The number of nitro benzene ring substituents is 1. The standard InChI is InChI=1S/C12H11NO6/c1-2-18-12(15)11-8(14)6-19-9-5-3-4-7(10(9)11)13(16)17/h3-5,11H,2,6H2,1H3. The van der Waals surface area contributed by atoms with Gasteiger partial charge in [-0.2, -0.15) is 0 Å². The number of hydrogen-bond acceptors (Lipinski definition) is 6. The maximum absolute atomic E-state index is 11.8. The Morgan fingerprint density at radius 3 is 2.95 bits per heavy atom. The number of carbonyl (C=O) groups excluding carboxylic acids is 2. The van der Waals surface area contributed by atoms with Crippen LogP contribution < -0.4 is 4.74 Å². The number of esters is 1. The zero-order chi connectivity index (χ0) is 14.0. The molecule has 7 heteroatoms. The van der Waals surface area contributed by atoms with Crippen LogP contribution in [0.3, 0.4) is 0 Å². The molecule has 1 heterocycles. The van der Waals surface area contributed by atoms with Crippen LogP contribution >= 0.6 is 0 Å². The lowest BCUT2D eigenvalue weighted by Gasteiger charge is -2.22. The van der Waals surface area contributed by atoms with Crippen LogP contribution in [0.5, 0.6) is 5.75 Å². The van der Waals surface area contributed by atoms with Crippen LogP contribution in [-0.4, -0.2) is 29.9 Å². The molecule has 0 amide bonds. The van der Waals surface area contributed by atoms with Gasteiger partial charge in [-0.1, -0.05) is 6.07 Å². The molecule has 0 spiro atoms. The van der Waals surface area contributed by atoms with Crippen LogP contribution in [0.15, 0.2) is 18.2 Å². The maximum Gasteiger partial charge on any atom is 0.321 e. The van der Waals surface area contributed by atoms with Crippen LogP contribution in [0.2, 0.25) is 0 Å². The van der Waals surface area contributed by atoms with Gasteiger partial charge in [0.1, 0.15) is 12.4 Å². The Hall–Kier alpha value is -2.44. The third-order valence-electron chi connectivity index (χ3n) is 2.74. The molecule has 0 bridgehead atoms. The molecule has 0 aliphatic carbocycles. The van der Waals surface area contributed by atoms with E-state index in [4.69, 9.17) is 9.47 Å². The van der Waals surface area contributed by atoms with Crippen molar-refractivity contribution in [3.8, 4) is 5.75 Å². The SMILES string of the molecule is CCOC(=O)C1C(=O)COc2cccc([N+](=O)[O-])c21. The monoisotopic (exact) mass is 265 g/mol. The number of fused-ring (bicyclic) bond motifs is 1. The van der Waals surface area contributed by atoms with E-state index < -0.39 is 22.6 Å². The van der Waals surface area contributed by atoms with Crippen molar-refractivity contribution in [1.82, 2.24) is 0 Å². The highest BCUT2D eigenvalue weighted by Crippen LogP contribution is 2.39. The van der Waals surface area contributed by atoms with E-state index >= 15 is 0 Å². The second kappa shape index (κ2) is 5.05. The molecule has 1 aromatic rings. The largest absolute Gasteiger partial charge is 0.485 e. The first-order chi connectivity index (χ1) is 9.06. The minimum atomic E-state index is -1.29. The van der Waals surface area contributed by atoms with E-state index in [0.717, 1.165) is 0 Å². The van der Waals surface area contributed by atoms with Crippen molar-refractivity contribution in [2.75, 3.05) is 13.2 Å². The summed E-state index contributed by atoms with van der Waals surface area (Å²) in [5.74, 6) is -2.44. The predicted octanol–water partition coefficient (Wildman–Crippen LogP) is 1.20. The van der Waals surface area contributed by atoms with E-state index in [9.17, 15) is 19.7 Å². The molecule has 0 N–H and O–H groups in total. The molecule has 2 rings (SSSR count). The van der Waals surface area contributed by atoms with Gasteiger partial charge >= 0.3 is 5.97 Å². The summed E-state index contributed by atoms with van der Waals surface area (Å²) in [5, 5.41) is 11.0. The fourth-order valence-electron chi connectivity index (χ4n) is 1.98. The Balaban J connectivity index is 2.56. The third-order valence-corrected chi connectivity index (χ3v) is 2.74. The average Bonchev–Trinajstić information content (AvgIpc) is 2.37. The molecule has 1 unspecified atom stereocenters. The van der Waals surface area contributed by atoms with Crippen molar-refractivity contribution in [2.45, 2.75) is 12.8 Å². The molecule has 0 fully saturated rings. The molecule has 0 saturated heterocycles. The Morgan fingerprint density at radius 2 is 2.32 bits per heavy atom. The predicted molar refractivity (Wildman–Crippen MR) is 63.0 cm³/mol. The van der Waals surface area contributed by atoms with Crippen molar-refractivity contribution in [2.24, 2.45) is 0 Å². The number of carbonyl (C=O) groups is 2. The molecule has 1 aliphatic heterocycles. The second-order valence-corrected chi connectivity index (χ2v) is 3.89. The molecular formula is C12H11NO6. The Bertz CT molecular complexity index is 553. The van der Waals surface area contributed by atoms with Crippen LogP contribution in [0.4, 0.5) is 5.69 Å². The van der Waals surface area contributed by atoms with Gasteiger partial charge in [0.25, 0.3) is 5.69 Å². The molecule has 1 aliphatic rings. The number of Topliss-reactive ketones (excluding diaryl/α,β-unsaturated/α-hetero) is 1. The molecule has 0 saturated carbocycles. The molecule has 100 valence electrons. The van der Waals surface area contributed by atoms with Crippen LogP contribution in [0.1, 0.15) is 18.4 Å². The number of nitro groups is 1. The lowest BCUT2D eigenvalue weighted by atomic mass is 9.90. The Kier molecular flexibility index (Phi) is 3.46. The topological polar surface area (TPSA) is 95.7 Å². The van der Waals surface area contributed by atoms with E-state index in [1.807, 2.05) is 0 Å². The van der Waals surface area contributed by atoms with Crippen molar-refractivity contribution >= 4 is 17.4 Å². The van der Waals surface area contributed by atoms with Crippen molar-refractivity contribution in [3.63, 3.8) is 0 Å². The van der Waals surface area contributed by atoms with Gasteiger partial charge in [0.15, 0.2) is 11.7 Å². The number of ketones is 1. The molecule has 7 nitrogen and oxygen atoms in total. The first-order valence-corrected chi connectivity index (χ1v) is 5.65. The van der Waals surface area contributed by atoms with Crippen LogP contribution in [0, 0.1) is 10.1 Å². The van der Waals surface area contributed by atoms with E-state index in [1.54, 1.807) is 6.92 Å². The summed E-state index contributed by atoms with van der Waals surface area (Å²) in [4.78, 5) is 34.0. The summed E-state index contributed by atoms with van der Waals surface area (Å²) in [5.41, 5.74) is -0.342. The van der Waals surface area contributed by atoms with E-state index in [-0.39, 0.29) is 30.2 Å². The summed E-state index contributed by atoms with van der Waals surface area (Å²) in [7, 11) is 0. The van der Waals surface area contributed by atoms with Gasteiger partial charge in [0.2, 0.25) is 0 Å². The molecule has 0 aromatic heterocycles. The summed E-state index contributed by atoms with van der Waals surface area (Å²) in [6.07, 6.45) is 0. The number of ether oxygens (including phenoxy) is 2. The number of hydrogen-bond donors (Lipinski definition) is 0. The smallest absolute Gasteiger partial charge is 0.321 e. The quantitative estimate of drug-likeness (QED) is 0.352. The van der Waals surface area contributed by atoms with Gasteiger partial charge in [-0.25, -0.2) is 0 Å². The molecule has 19 heavy (non-hydrogen) atoms. The highest BCUT2D eigenvalue weighted by atomic mass is 16.6. The summed E-state index contributed by atoms with van der Waals surface area (Å²) in [6.45, 7) is 1.40. The molecule has 1 atom stereocenters. The third kappa shape index (κ3) is 2.26. The first kappa shape index (κ1) is 13.0. The van der Waals surface area contributed by atoms with Gasteiger partial charge in [-0.05, 0) is 13.0 Å². The maximum atomic E-state index is 11.8. The fourth-order valence-corrected chi connectivity index (χ4v) is 1.98. The number of nitrogens with zero attached hydrogens (tertiary/aromatic N) is 1. The Labute approximate surface area is 108 Å². The summed E-state index contributed by atoms with van der Waals surface area (Å²) in [6, 6.07) is 4.16. The van der Waals surface area contributed by atoms with E-state index in [2.05, 4.69) is 0 Å². The first-order valence-electron chi connectivity index (χ1n) is 5.65. The van der Waals surface area contributed by atoms with Gasteiger partial charge in [-0.3, -0.25) is 19.7 Å². The van der Waals surface area contributed by atoms with Crippen LogP contribution in [0.25, 0.3) is 0 Å². The van der Waals surface area contributed by atoms with E-state index in [0.29, 0.717) is 0 Å². The van der Waals surface area contributed by atoms with Crippen LogP contribution in [-0.2, 0) is 14.3 Å². The van der Waals surface area contributed by atoms with Gasteiger partial charge < -0.3 is 9.47 Å².